The van der Waals surface area contributed by atoms with Crippen LogP contribution in [0, 0.1) is 5.92 Å². The topological polar surface area (TPSA) is 68.5 Å². The lowest BCUT2D eigenvalue weighted by Gasteiger charge is -2.38. The van der Waals surface area contributed by atoms with Gasteiger partial charge in [-0.1, -0.05) is 48.3 Å². The predicted octanol–water partition coefficient (Wildman–Crippen LogP) is 3.55. The Kier molecular flexibility index (Phi) is 6.05. The minimum absolute atomic E-state index is 0.127. The number of amides is 1. The fraction of sp³-hybridized carbons (Fsp3) is 0.591. The zero-order chi connectivity index (χ0) is 19.3. The highest BCUT2D eigenvalue weighted by Crippen LogP contribution is 2.29. The molecule has 1 amide bonds. The van der Waals surface area contributed by atoms with Gasteiger partial charge in [0.25, 0.3) is 0 Å². The number of benzene rings is 1. The van der Waals surface area contributed by atoms with E-state index in [4.69, 9.17) is 9.26 Å². The van der Waals surface area contributed by atoms with E-state index in [-0.39, 0.29) is 17.7 Å². The molecule has 2 aromatic rings. The largest absolute Gasteiger partial charge is 0.381 e. The van der Waals surface area contributed by atoms with Crippen molar-refractivity contribution in [3.63, 3.8) is 0 Å². The summed E-state index contributed by atoms with van der Waals surface area (Å²) in [7, 11) is 0. The maximum Gasteiger partial charge on any atom is 0.233 e. The molecule has 0 bridgehead atoms. The van der Waals surface area contributed by atoms with E-state index in [1.807, 2.05) is 42.2 Å². The maximum atomic E-state index is 12.6. The fourth-order valence-corrected chi connectivity index (χ4v) is 4.10. The lowest BCUT2D eigenvalue weighted by atomic mass is 9.94. The summed E-state index contributed by atoms with van der Waals surface area (Å²) < 4.78 is 11.2. The molecule has 1 aliphatic carbocycles. The third-order valence-corrected chi connectivity index (χ3v) is 5.99. The van der Waals surface area contributed by atoms with Gasteiger partial charge < -0.3 is 14.2 Å². The molecule has 6 nitrogen and oxygen atoms in total. The van der Waals surface area contributed by atoms with Crippen molar-refractivity contribution in [1.82, 2.24) is 15.0 Å². The molecule has 1 aromatic heterocycles. The van der Waals surface area contributed by atoms with Crippen molar-refractivity contribution in [2.75, 3.05) is 26.3 Å². The summed E-state index contributed by atoms with van der Waals surface area (Å²) in [5, 5.41) is 4.07. The molecule has 1 aliphatic heterocycles. The summed E-state index contributed by atoms with van der Waals surface area (Å²) in [6.07, 6.45) is 5.95. The molecule has 2 heterocycles. The molecule has 1 saturated heterocycles. The number of carbonyl (C=O) groups excluding carboxylic acids is 1. The Balaban J connectivity index is 1.20. The summed E-state index contributed by atoms with van der Waals surface area (Å²) in [5.74, 6) is 2.25. The molecule has 2 fully saturated rings. The Morgan fingerprint density at radius 3 is 2.75 bits per heavy atom. The Hall–Kier alpha value is -2.21. The second-order valence-corrected chi connectivity index (χ2v) is 8.10. The van der Waals surface area contributed by atoms with Crippen LogP contribution in [-0.4, -0.2) is 47.3 Å². The third kappa shape index (κ3) is 4.43. The number of likely N-dealkylation sites (tertiary alicyclic amines) is 1. The highest BCUT2D eigenvalue weighted by molar-refractivity contribution is 5.84. The summed E-state index contributed by atoms with van der Waals surface area (Å²) in [6.45, 7) is 4.75. The molecule has 4 rings (SSSR count). The lowest BCUT2D eigenvalue weighted by Crippen LogP contribution is -2.50. The Morgan fingerprint density at radius 1 is 1.25 bits per heavy atom. The number of hydrogen-bond donors (Lipinski definition) is 0. The maximum absolute atomic E-state index is 12.6. The molecule has 28 heavy (non-hydrogen) atoms. The van der Waals surface area contributed by atoms with Crippen molar-refractivity contribution >= 4 is 5.91 Å². The van der Waals surface area contributed by atoms with E-state index in [0.717, 1.165) is 18.1 Å². The van der Waals surface area contributed by atoms with Crippen molar-refractivity contribution in [3.8, 4) is 0 Å². The molecular formula is C22H29N3O3. The van der Waals surface area contributed by atoms with Crippen LogP contribution >= 0.6 is 0 Å². The Morgan fingerprint density at radius 2 is 2.00 bits per heavy atom. The molecule has 0 N–H and O–H groups in total. The van der Waals surface area contributed by atoms with E-state index < -0.39 is 0 Å². The minimum Gasteiger partial charge on any atom is -0.381 e. The average molecular weight is 383 g/mol. The predicted molar refractivity (Wildman–Crippen MR) is 105 cm³/mol. The van der Waals surface area contributed by atoms with E-state index in [1.54, 1.807) is 0 Å². The van der Waals surface area contributed by atoms with Crippen LogP contribution in [0.2, 0.25) is 0 Å². The zero-order valence-electron chi connectivity index (χ0n) is 16.5. The van der Waals surface area contributed by atoms with Gasteiger partial charge in [-0.15, -0.1) is 0 Å². The number of carbonyl (C=O) groups is 1. The van der Waals surface area contributed by atoms with Gasteiger partial charge in [0.1, 0.15) is 0 Å². The van der Waals surface area contributed by atoms with Gasteiger partial charge in [-0.3, -0.25) is 4.79 Å². The molecule has 0 spiro atoms. The van der Waals surface area contributed by atoms with Gasteiger partial charge in [-0.2, -0.15) is 4.98 Å². The van der Waals surface area contributed by atoms with E-state index in [0.29, 0.717) is 37.8 Å². The second kappa shape index (κ2) is 8.86. The van der Waals surface area contributed by atoms with Crippen LogP contribution in [0.1, 0.15) is 61.7 Å². The van der Waals surface area contributed by atoms with E-state index >= 15 is 0 Å². The van der Waals surface area contributed by atoms with E-state index in [1.165, 1.54) is 25.7 Å². The summed E-state index contributed by atoms with van der Waals surface area (Å²) >= 11 is 0. The molecule has 1 aromatic carbocycles. The first kappa shape index (κ1) is 19.1. The van der Waals surface area contributed by atoms with Gasteiger partial charge in [0.15, 0.2) is 5.82 Å². The zero-order valence-corrected chi connectivity index (χ0v) is 16.5. The quantitative estimate of drug-likeness (QED) is 0.652. The van der Waals surface area contributed by atoms with Gasteiger partial charge in [-0.25, -0.2) is 0 Å². The van der Waals surface area contributed by atoms with Crippen LogP contribution in [0.4, 0.5) is 0 Å². The van der Waals surface area contributed by atoms with Gasteiger partial charge >= 0.3 is 0 Å². The SMILES string of the molecule is CC(C(=O)N1CC(c2nc(CCOCC3CCCC3)no2)C1)c1ccccc1. The van der Waals surface area contributed by atoms with Crippen LogP contribution in [-0.2, 0) is 16.0 Å². The van der Waals surface area contributed by atoms with Gasteiger partial charge in [0.05, 0.1) is 18.4 Å². The first-order valence-electron chi connectivity index (χ1n) is 10.4. The van der Waals surface area contributed by atoms with Crippen LogP contribution in [0.25, 0.3) is 0 Å². The summed E-state index contributed by atoms with van der Waals surface area (Å²) in [4.78, 5) is 19.0. The molecule has 6 heteroatoms. The van der Waals surface area contributed by atoms with Crippen molar-refractivity contribution in [2.45, 2.75) is 50.9 Å². The summed E-state index contributed by atoms with van der Waals surface area (Å²) in [5.41, 5.74) is 1.05. The normalized spacial score (nSPS) is 19.0. The average Bonchev–Trinajstić information content (AvgIpc) is 3.36. The lowest BCUT2D eigenvalue weighted by molar-refractivity contribution is -0.137. The third-order valence-electron chi connectivity index (χ3n) is 5.99. The van der Waals surface area contributed by atoms with Crippen molar-refractivity contribution in [2.24, 2.45) is 5.92 Å². The number of ether oxygens (including phenoxy) is 1. The summed E-state index contributed by atoms with van der Waals surface area (Å²) in [6, 6.07) is 9.90. The number of hydrogen-bond acceptors (Lipinski definition) is 5. The Bertz CT molecular complexity index is 764. The van der Waals surface area contributed by atoms with Gasteiger partial charge in [-0.05, 0) is 31.2 Å². The van der Waals surface area contributed by atoms with E-state index in [2.05, 4.69) is 10.1 Å². The Labute approximate surface area is 166 Å². The van der Waals surface area contributed by atoms with Crippen LogP contribution in [0.3, 0.4) is 0 Å². The van der Waals surface area contributed by atoms with Crippen LogP contribution in [0.15, 0.2) is 34.9 Å². The molecule has 150 valence electrons. The molecule has 1 unspecified atom stereocenters. The number of rotatable bonds is 8. The minimum atomic E-state index is -0.127. The molecular weight excluding hydrogens is 354 g/mol. The first-order chi connectivity index (χ1) is 13.7. The highest BCUT2D eigenvalue weighted by Gasteiger charge is 2.37. The van der Waals surface area contributed by atoms with Gasteiger partial charge in [0, 0.05) is 26.1 Å². The van der Waals surface area contributed by atoms with Gasteiger partial charge in [0.2, 0.25) is 11.8 Å². The van der Waals surface area contributed by atoms with Crippen LogP contribution < -0.4 is 0 Å². The molecule has 0 radical (unpaired) electrons. The number of aromatic nitrogens is 2. The fourth-order valence-electron chi connectivity index (χ4n) is 4.10. The highest BCUT2D eigenvalue weighted by atomic mass is 16.5. The monoisotopic (exact) mass is 383 g/mol. The smallest absolute Gasteiger partial charge is 0.233 e. The van der Waals surface area contributed by atoms with Crippen molar-refractivity contribution < 1.29 is 14.1 Å². The standard InChI is InChI=1S/C22H29N3O3/c1-16(18-9-3-2-4-10-18)22(26)25-13-19(14-25)21-23-20(24-28-21)11-12-27-15-17-7-5-6-8-17/h2-4,9-10,16-17,19H,5-8,11-15H2,1H3. The van der Waals surface area contributed by atoms with Crippen LogP contribution in [0.5, 0.6) is 0 Å². The first-order valence-corrected chi connectivity index (χ1v) is 10.4. The molecule has 1 atom stereocenters. The second-order valence-electron chi connectivity index (χ2n) is 8.10. The van der Waals surface area contributed by atoms with E-state index in [9.17, 15) is 4.79 Å². The van der Waals surface area contributed by atoms with Crippen molar-refractivity contribution in [1.29, 1.82) is 0 Å². The van der Waals surface area contributed by atoms with Crippen molar-refractivity contribution in [3.05, 3.63) is 47.6 Å². The molecule has 2 aliphatic rings. The number of nitrogens with zero attached hydrogens (tertiary/aromatic N) is 3. The molecule has 1 saturated carbocycles.